The quantitative estimate of drug-likeness (QED) is 0.115. The van der Waals surface area contributed by atoms with Crippen LogP contribution in [0.2, 0.25) is 0 Å². The maximum atomic E-state index is 12.0. The smallest absolute Gasteiger partial charge is 0.327 e. The van der Waals surface area contributed by atoms with E-state index in [0.29, 0.717) is 12.8 Å². The summed E-state index contributed by atoms with van der Waals surface area (Å²) < 4.78 is 25.9. The molecule has 0 saturated heterocycles. The van der Waals surface area contributed by atoms with E-state index in [4.69, 9.17) is 19.7 Å². The molecule has 7 nitrogen and oxygen atoms in total. The minimum atomic E-state index is -0.731. The van der Waals surface area contributed by atoms with Crippen molar-refractivity contribution in [2.45, 2.75) is 116 Å². The fraction of sp³-hybridized carbons (Fsp3) is 0.913. The molecule has 31 heavy (non-hydrogen) atoms. The molecular formula is C23H44NO6P. The maximum Gasteiger partial charge on any atom is 0.327 e. The molecule has 1 atom stereocenters. The van der Waals surface area contributed by atoms with Crippen LogP contribution < -0.4 is 5.73 Å². The number of rotatable bonds is 23. The third-order valence-electron chi connectivity index (χ3n) is 5.11. The molecule has 0 saturated carbocycles. The second-order valence-electron chi connectivity index (χ2n) is 8.05. The lowest BCUT2D eigenvalue weighted by Crippen LogP contribution is -2.28. The number of unbranched alkanes of at least 4 members (excludes halogenated alkanes) is 12. The van der Waals surface area contributed by atoms with Gasteiger partial charge in [0.1, 0.15) is 13.2 Å². The van der Waals surface area contributed by atoms with E-state index in [1.165, 1.54) is 38.5 Å². The molecule has 0 aliphatic carbocycles. The molecule has 0 radical (unpaired) electrons. The molecule has 0 aliphatic rings. The van der Waals surface area contributed by atoms with Crippen LogP contribution in [-0.4, -0.2) is 37.8 Å². The van der Waals surface area contributed by atoms with E-state index in [0.717, 1.165) is 57.9 Å². The molecule has 2 N–H and O–H groups in total. The first kappa shape index (κ1) is 30.0. The van der Waals surface area contributed by atoms with Gasteiger partial charge >= 0.3 is 20.6 Å². The number of nitrogens with two attached hydrogens (primary N) is 1. The van der Waals surface area contributed by atoms with Gasteiger partial charge in [0.15, 0.2) is 6.10 Å². The summed E-state index contributed by atoms with van der Waals surface area (Å²) in [6, 6.07) is 0. The van der Waals surface area contributed by atoms with E-state index in [1.807, 2.05) is 0 Å². The molecule has 0 aliphatic heterocycles. The van der Waals surface area contributed by atoms with Crippen LogP contribution in [0.25, 0.3) is 0 Å². The Balaban J connectivity index is 3.90. The fourth-order valence-electron chi connectivity index (χ4n) is 3.26. The monoisotopic (exact) mass is 461 g/mol. The van der Waals surface area contributed by atoms with Crippen LogP contribution in [0.5, 0.6) is 0 Å². The predicted molar refractivity (Wildman–Crippen MR) is 123 cm³/mol. The van der Waals surface area contributed by atoms with Gasteiger partial charge in [-0.1, -0.05) is 77.6 Å². The number of carbonyl (C=O) groups excluding carboxylic acids is 2. The summed E-state index contributed by atoms with van der Waals surface area (Å²) >= 11 is 0. The lowest BCUT2D eigenvalue weighted by atomic mass is 10.1. The Morgan fingerprint density at radius 2 is 1.26 bits per heavy atom. The lowest BCUT2D eigenvalue weighted by Gasteiger charge is -2.16. The second-order valence-corrected chi connectivity index (χ2v) is 8.46. The number of carbonyl (C=O) groups is 2. The van der Waals surface area contributed by atoms with Crippen molar-refractivity contribution in [1.29, 1.82) is 0 Å². The first-order valence-corrected chi connectivity index (χ1v) is 12.9. The summed E-state index contributed by atoms with van der Waals surface area (Å²) in [6.07, 6.45) is 15.3. The Hall–Kier alpha value is -1.04. The van der Waals surface area contributed by atoms with Gasteiger partial charge in [0.2, 0.25) is 0 Å². The second kappa shape index (κ2) is 23.6. The zero-order valence-electron chi connectivity index (χ0n) is 19.5. The molecule has 8 heteroatoms. The van der Waals surface area contributed by atoms with Gasteiger partial charge in [-0.05, 0) is 25.8 Å². The van der Waals surface area contributed by atoms with Crippen molar-refractivity contribution in [2.75, 3.05) is 19.8 Å². The van der Waals surface area contributed by atoms with Crippen molar-refractivity contribution in [1.82, 2.24) is 0 Å². The van der Waals surface area contributed by atoms with E-state index < -0.39 is 14.8 Å². The molecule has 0 aromatic rings. The average Bonchev–Trinajstić information content (AvgIpc) is 2.76. The summed E-state index contributed by atoms with van der Waals surface area (Å²) in [6.45, 7) is 2.80. The van der Waals surface area contributed by atoms with Crippen molar-refractivity contribution in [2.24, 2.45) is 5.73 Å². The van der Waals surface area contributed by atoms with Crippen LogP contribution in [0.1, 0.15) is 110 Å². The molecule has 0 heterocycles. The highest BCUT2D eigenvalue weighted by Crippen LogP contribution is 2.11. The van der Waals surface area contributed by atoms with Crippen molar-refractivity contribution in [3.05, 3.63) is 0 Å². The molecule has 0 aromatic heterocycles. The zero-order valence-corrected chi connectivity index (χ0v) is 20.4. The van der Waals surface area contributed by atoms with Gasteiger partial charge in [-0.25, -0.2) is 4.57 Å². The van der Waals surface area contributed by atoms with Crippen LogP contribution in [0.15, 0.2) is 0 Å². The third kappa shape index (κ3) is 22.0. The number of esters is 2. The van der Waals surface area contributed by atoms with E-state index >= 15 is 0 Å². The molecule has 0 unspecified atom stereocenters. The van der Waals surface area contributed by atoms with Crippen LogP contribution >= 0.6 is 8.69 Å². The van der Waals surface area contributed by atoms with E-state index in [2.05, 4.69) is 6.92 Å². The van der Waals surface area contributed by atoms with Crippen molar-refractivity contribution >= 4 is 20.6 Å². The van der Waals surface area contributed by atoms with Gasteiger partial charge in [0, 0.05) is 12.8 Å². The molecular weight excluding hydrogens is 417 g/mol. The number of hydrogen-bond donors (Lipinski definition) is 1. The SMILES string of the molecule is CCCCCCCCCC(=O)O[C@@H](COP=O)COC(=O)CCCCCCCCCN. The Labute approximate surface area is 190 Å². The van der Waals surface area contributed by atoms with Gasteiger partial charge in [0.05, 0.1) is 0 Å². The van der Waals surface area contributed by atoms with Crippen LogP contribution in [0.3, 0.4) is 0 Å². The topological polar surface area (TPSA) is 105 Å². The fourth-order valence-corrected chi connectivity index (χ4v) is 3.48. The van der Waals surface area contributed by atoms with Crippen LogP contribution in [0.4, 0.5) is 0 Å². The van der Waals surface area contributed by atoms with Gasteiger partial charge in [-0.2, -0.15) is 0 Å². The molecule has 182 valence electrons. The Bertz CT molecular complexity index is 450. The Morgan fingerprint density at radius 3 is 1.81 bits per heavy atom. The van der Waals surface area contributed by atoms with Crippen LogP contribution in [0, 0.1) is 0 Å². The Kier molecular flexibility index (Phi) is 22.8. The molecule has 0 amide bonds. The highest BCUT2D eigenvalue weighted by Gasteiger charge is 2.17. The zero-order chi connectivity index (χ0) is 23.0. The molecule has 0 aromatic carbocycles. The molecule has 0 rings (SSSR count). The predicted octanol–water partition coefficient (Wildman–Crippen LogP) is 5.88. The summed E-state index contributed by atoms with van der Waals surface area (Å²) in [7, 11) is -0.492. The molecule has 0 bridgehead atoms. The van der Waals surface area contributed by atoms with Crippen LogP contribution in [-0.2, 0) is 28.2 Å². The average molecular weight is 462 g/mol. The largest absolute Gasteiger partial charge is 0.462 e. The van der Waals surface area contributed by atoms with Gasteiger partial charge in [-0.15, -0.1) is 0 Å². The van der Waals surface area contributed by atoms with E-state index in [9.17, 15) is 14.2 Å². The summed E-state index contributed by atoms with van der Waals surface area (Å²) in [5, 5.41) is 0. The van der Waals surface area contributed by atoms with Gasteiger partial charge < -0.3 is 15.2 Å². The highest BCUT2D eigenvalue weighted by atomic mass is 31.1. The normalized spacial score (nSPS) is 12.1. The van der Waals surface area contributed by atoms with Crippen molar-refractivity contribution < 1.29 is 28.2 Å². The first-order chi connectivity index (χ1) is 15.1. The van der Waals surface area contributed by atoms with E-state index in [-0.39, 0.29) is 25.2 Å². The summed E-state index contributed by atoms with van der Waals surface area (Å²) in [5.41, 5.74) is 5.47. The van der Waals surface area contributed by atoms with Gasteiger partial charge in [0.25, 0.3) is 0 Å². The Morgan fingerprint density at radius 1 is 0.742 bits per heavy atom. The van der Waals surface area contributed by atoms with Gasteiger partial charge in [-0.3, -0.25) is 14.1 Å². The third-order valence-corrected chi connectivity index (χ3v) is 5.37. The summed E-state index contributed by atoms with van der Waals surface area (Å²) in [5.74, 6) is -0.647. The standard InChI is InChI=1S/C23H44NO6P/c1-2-3-4-5-7-11-14-17-23(26)30-21(20-29-31-27)19-28-22(25)16-13-10-8-6-9-12-15-18-24/h21H,2-20,24H2,1H3/t21-/m1/s1. The van der Waals surface area contributed by atoms with Crippen molar-refractivity contribution in [3.8, 4) is 0 Å². The summed E-state index contributed by atoms with van der Waals surface area (Å²) in [4.78, 5) is 23.9. The minimum Gasteiger partial charge on any atom is -0.462 e. The maximum absolute atomic E-state index is 12.0. The highest BCUT2D eigenvalue weighted by molar-refractivity contribution is 7.17. The number of hydrogen-bond acceptors (Lipinski definition) is 7. The van der Waals surface area contributed by atoms with E-state index in [1.54, 1.807) is 0 Å². The minimum absolute atomic E-state index is 0.0656. The lowest BCUT2D eigenvalue weighted by molar-refractivity contribution is -0.160. The number of ether oxygens (including phenoxy) is 2. The molecule has 0 fully saturated rings. The first-order valence-electron chi connectivity index (χ1n) is 12.1. The van der Waals surface area contributed by atoms with Crippen molar-refractivity contribution in [3.63, 3.8) is 0 Å². The molecule has 0 spiro atoms.